The van der Waals surface area contributed by atoms with Crippen LogP contribution in [0, 0.1) is 6.92 Å². The molecule has 0 spiro atoms. The number of rotatable bonds is 2. The fraction of sp³-hybridized carbons (Fsp3) is 0.0909. The Morgan fingerprint density at radius 3 is 2.43 bits per heavy atom. The van der Waals surface area contributed by atoms with Crippen molar-refractivity contribution in [3.63, 3.8) is 0 Å². The van der Waals surface area contributed by atoms with Crippen molar-refractivity contribution in [2.75, 3.05) is 0 Å². The van der Waals surface area contributed by atoms with E-state index >= 15 is 0 Å². The maximum Gasteiger partial charge on any atom is 0.194 e. The predicted molar refractivity (Wildman–Crippen MR) is 54.6 cm³/mol. The van der Waals surface area contributed by atoms with E-state index in [9.17, 15) is 4.21 Å². The third-order valence-corrected chi connectivity index (χ3v) is 3.21. The third kappa shape index (κ3) is 1.77. The summed E-state index contributed by atoms with van der Waals surface area (Å²) in [6, 6.07) is 11.0. The van der Waals surface area contributed by atoms with Crippen molar-refractivity contribution in [3.8, 4) is 0 Å². The maximum atomic E-state index is 11.8. The van der Waals surface area contributed by atoms with Crippen LogP contribution in [0.25, 0.3) is 0 Å². The molecule has 0 aliphatic heterocycles. The zero-order chi connectivity index (χ0) is 9.97. The molecule has 2 rings (SSSR count). The molecular formula is C11H10O2S. The lowest BCUT2D eigenvalue weighted by atomic mass is 10.2. The average molecular weight is 206 g/mol. The van der Waals surface area contributed by atoms with Crippen molar-refractivity contribution in [1.29, 1.82) is 0 Å². The summed E-state index contributed by atoms with van der Waals surface area (Å²) in [6.07, 6.45) is 1.53. The quantitative estimate of drug-likeness (QED) is 0.756. The normalized spacial score (nSPS) is 12.6. The van der Waals surface area contributed by atoms with E-state index in [1.807, 2.05) is 31.2 Å². The molecule has 1 atom stereocenters. The van der Waals surface area contributed by atoms with E-state index in [1.54, 1.807) is 12.1 Å². The van der Waals surface area contributed by atoms with Gasteiger partial charge in [-0.15, -0.1) is 0 Å². The number of furan rings is 1. The van der Waals surface area contributed by atoms with Gasteiger partial charge in [-0.3, -0.25) is 0 Å². The Labute approximate surface area is 85.0 Å². The highest BCUT2D eigenvalue weighted by Gasteiger charge is 2.08. The minimum absolute atomic E-state index is 0.494. The lowest BCUT2D eigenvalue weighted by Gasteiger charge is -1.98. The fourth-order valence-corrected chi connectivity index (χ4v) is 2.11. The van der Waals surface area contributed by atoms with Gasteiger partial charge in [-0.2, -0.15) is 0 Å². The molecule has 72 valence electrons. The number of hydrogen-bond donors (Lipinski definition) is 0. The van der Waals surface area contributed by atoms with Crippen LogP contribution in [0.5, 0.6) is 0 Å². The van der Waals surface area contributed by atoms with Crippen molar-refractivity contribution < 1.29 is 8.63 Å². The van der Waals surface area contributed by atoms with E-state index in [1.165, 1.54) is 6.26 Å². The highest BCUT2D eigenvalue weighted by Crippen LogP contribution is 2.16. The van der Waals surface area contributed by atoms with Crippen LogP contribution < -0.4 is 0 Å². The van der Waals surface area contributed by atoms with E-state index in [-0.39, 0.29) is 0 Å². The molecule has 2 nitrogen and oxygen atoms in total. The summed E-state index contributed by atoms with van der Waals surface area (Å²) >= 11 is 0. The highest BCUT2D eigenvalue weighted by molar-refractivity contribution is 7.85. The summed E-state index contributed by atoms with van der Waals surface area (Å²) in [4.78, 5) is 0.769. The standard InChI is InChI=1S/C11H10O2S/c1-9-4-6-10(7-5-9)14(12)11-3-2-8-13-11/h2-8H,1H3/t14-/m0/s1. The van der Waals surface area contributed by atoms with Gasteiger partial charge in [0.25, 0.3) is 0 Å². The van der Waals surface area contributed by atoms with Crippen LogP contribution in [0.15, 0.2) is 57.1 Å². The topological polar surface area (TPSA) is 30.2 Å². The zero-order valence-corrected chi connectivity index (χ0v) is 8.58. The molecule has 0 unspecified atom stereocenters. The van der Waals surface area contributed by atoms with Crippen molar-refractivity contribution in [3.05, 3.63) is 48.2 Å². The first-order chi connectivity index (χ1) is 6.77. The summed E-state index contributed by atoms with van der Waals surface area (Å²) in [5.74, 6) is 0. The molecule has 14 heavy (non-hydrogen) atoms. The second kappa shape index (κ2) is 3.80. The van der Waals surface area contributed by atoms with Gasteiger partial charge >= 0.3 is 0 Å². The Hall–Kier alpha value is -1.35. The van der Waals surface area contributed by atoms with Crippen LogP contribution in [0.3, 0.4) is 0 Å². The van der Waals surface area contributed by atoms with Crippen molar-refractivity contribution in [2.24, 2.45) is 0 Å². The van der Waals surface area contributed by atoms with Gasteiger partial charge in [0, 0.05) is 4.90 Å². The molecule has 0 fully saturated rings. The van der Waals surface area contributed by atoms with Crippen molar-refractivity contribution in [1.82, 2.24) is 0 Å². The molecule has 0 saturated heterocycles. The molecule has 0 aliphatic carbocycles. The molecule has 1 aromatic carbocycles. The molecule has 2 aromatic rings. The van der Waals surface area contributed by atoms with Crippen molar-refractivity contribution in [2.45, 2.75) is 16.9 Å². The first kappa shape index (κ1) is 9.21. The molecule has 1 aromatic heterocycles. The minimum atomic E-state index is -1.19. The van der Waals surface area contributed by atoms with Gasteiger partial charge in [-0.05, 0) is 31.2 Å². The highest BCUT2D eigenvalue weighted by atomic mass is 32.2. The number of aryl methyl sites for hydroxylation is 1. The lowest BCUT2D eigenvalue weighted by Crippen LogP contribution is -1.90. The maximum absolute atomic E-state index is 11.8. The Bertz CT molecular complexity index is 429. The molecule has 0 N–H and O–H groups in total. The fourth-order valence-electron chi connectivity index (χ4n) is 1.15. The predicted octanol–water partition coefficient (Wildman–Crippen LogP) is 2.75. The molecule has 0 amide bonds. The first-order valence-corrected chi connectivity index (χ1v) is 5.44. The summed E-state index contributed by atoms with van der Waals surface area (Å²) in [5, 5.41) is 0.494. The van der Waals surface area contributed by atoms with Crippen LogP contribution >= 0.6 is 0 Å². The Kier molecular flexibility index (Phi) is 2.50. The summed E-state index contributed by atoms with van der Waals surface area (Å²) < 4.78 is 16.9. The molecule has 0 saturated carbocycles. The van der Waals surface area contributed by atoms with Gasteiger partial charge in [-0.1, -0.05) is 17.7 Å². The Balaban J connectivity index is 2.33. The van der Waals surface area contributed by atoms with E-state index in [0.717, 1.165) is 10.5 Å². The van der Waals surface area contributed by atoms with E-state index in [4.69, 9.17) is 4.42 Å². The van der Waals surface area contributed by atoms with Crippen molar-refractivity contribution >= 4 is 10.8 Å². The van der Waals surface area contributed by atoms with E-state index in [2.05, 4.69) is 0 Å². The van der Waals surface area contributed by atoms with Gasteiger partial charge in [0.2, 0.25) is 0 Å². The minimum Gasteiger partial charge on any atom is -0.455 e. The SMILES string of the molecule is Cc1ccc([S@](=O)c2ccco2)cc1. The third-order valence-electron chi connectivity index (χ3n) is 1.91. The summed E-state index contributed by atoms with van der Waals surface area (Å²) in [7, 11) is -1.19. The van der Waals surface area contributed by atoms with Crippen LogP contribution in [0.1, 0.15) is 5.56 Å². The van der Waals surface area contributed by atoms with Crippen LogP contribution in [0.4, 0.5) is 0 Å². The van der Waals surface area contributed by atoms with Crippen LogP contribution in [0.2, 0.25) is 0 Å². The molecule has 1 heterocycles. The molecule has 0 bridgehead atoms. The second-order valence-electron chi connectivity index (χ2n) is 3.01. The van der Waals surface area contributed by atoms with Gasteiger partial charge in [0.05, 0.1) is 6.26 Å². The lowest BCUT2D eigenvalue weighted by molar-refractivity contribution is 0.465. The smallest absolute Gasteiger partial charge is 0.194 e. The van der Waals surface area contributed by atoms with Crippen LogP contribution in [-0.2, 0) is 10.8 Å². The monoisotopic (exact) mass is 206 g/mol. The molecule has 3 heteroatoms. The first-order valence-electron chi connectivity index (χ1n) is 4.29. The molecule has 0 aliphatic rings. The second-order valence-corrected chi connectivity index (χ2v) is 4.43. The van der Waals surface area contributed by atoms with Crippen LogP contribution in [-0.4, -0.2) is 4.21 Å². The summed E-state index contributed by atoms with van der Waals surface area (Å²) in [6.45, 7) is 2.00. The largest absolute Gasteiger partial charge is 0.455 e. The average Bonchev–Trinajstić information content (AvgIpc) is 2.71. The van der Waals surface area contributed by atoms with Gasteiger partial charge in [0.15, 0.2) is 5.09 Å². The Morgan fingerprint density at radius 2 is 1.86 bits per heavy atom. The number of benzene rings is 1. The van der Waals surface area contributed by atoms with E-state index < -0.39 is 10.8 Å². The molecule has 0 radical (unpaired) electrons. The molecular weight excluding hydrogens is 196 g/mol. The van der Waals surface area contributed by atoms with E-state index in [0.29, 0.717) is 5.09 Å². The number of hydrogen-bond acceptors (Lipinski definition) is 2. The van der Waals surface area contributed by atoms with Gasteiger partial charge < -0.3 is 4.42 Å². The van der Waals surface area contributed by atoms with Gasteiger partial charge in [-0.25, -0.2) is 4.21 Å². The summed E-state index contributed by atoms with van der Waals surface area (Å²) in [5.41, 5.74) is 1.16. The Morgan fingerprint density at radius 1 is 1.14 bits per heavy atom. The van der Waals surface area contributed by atoms with Gasteiger partial charge in [0.1, 0.15) is 10.8 Å². The zero-order valence-electron chi connectivity index (χ0n) is 7.77.